The van der Waals surface area contributed by atoms with Gasteiger partial charge in [0.1, 0.15) is 11.4 Å². The molecule has 28 heavy (non-hydrogen) atoms. The van der Waals surface area contributed by atoms with Crippen molar-refractivity contribution in [3.8, 4) is 5.75 Å². The molecule has 0 atom stereocenters. The molecule has 4 nitrogen and oxygen atoms in total. The van der Waals surface area contributed by atoms with Crippen LogP contribution in [0.4, 0.5) is 26.7 Å². The van der Waals surface area contributed by atoms with E-state index < -0.39 is 49.3 Å². The zero-order valence-corrected chi connectivity index (χ0v) is 17.2. The Morgan fingerprint density at radius 1 is 1.25 bits per heavy atom. The van der Waals surface area contributed by atoms with Crippen molar-refractivity contribution >= 4 is 22.0 Å². The van der Waals surface area contributed by atoms with Crippen molar-refractivity contribution in [3.63, 3.8) is 0 Å². The molecule has 1 amide bonds. The summed E-state index contributed by atoms with van der Waals surface area (Å²) in [4.78, 5) is 13.7. The molecule has 1 aromatic carbocycles. The minimum absolute atomic E-state index is 0.0832. The Morgan fingerprint density at radius 2 is 1.86 bits per heavy atom. The lowest BCUT2D eigenvalue weighted by Gasteiger charge is -2.42. The smallest absolute Gasteiger partial charge is 0.422 e. The Morgan fingerprint density at radius 3 is 2.36 bits per heavy atom. The normalized spacial score (nSPS) is 17.0. The number of hydrogen-bond donors (Lipinski definition) is 0. The van der Waals surface area contributed by atoms with E-state index in [9.17, 15) is 26.7 Å². The molecule has 0 bridgehead atoms. The van der Waals surface area contributed by atoms with E-state index in [0.29, 0.717) is 4.47 Å². The van der Waals surface area contributed by atoms with Crippen molar-refractivity contribution in [2.45, 2.75) is 63.9 Å². The first kappa shape index (κ1) is 22.7. The third-order valence-corrected chi connectivity index (χ3v) is 4.39. The third-order valence-electron chi connectivity index (χ3n) is 3.89. The first-order chi connectivity index (χ1) is 12.7. The van der Waals surface area contributed by atoms with Crippen molar-refractivity contribution < 1.29 is 36.2 Å². The molecule has 0 spiro atoms. The van der Waals surface area contributed by atoms with Crippen LogP contribution in [0.2, 0.25) is 0 Å². The Hall–Kier alpha value is -1.58. The summed E-state index contributed by atoms with van der Waals surface area (Å²) in [5.41, 5.74) is -0.603. The highest BCUT2D eigenvalue weighted by molar-refractivity contribution is 9.10. The molecule has 158 valence electrons. The molecule has 1 saturated carbocycles. The minimum atomic E-state index is -4.54. The van der Waals surface area contributed by atoms with E-state index in [1.54, 1.807) is 20.8 Å². The second kappa shape index (κ2) is 8.04. The monoisotopic (exact) mass is 473 g/mol. The number of carbonyl (C=O) groups is 1. The highest BCUT2D eigenvalue weighted by atomic mass is 79.9. The van der Waals surface area contributed by atoms with E-state index in [4.69, 9.17) is 9.47 Å². The summed E-state index contributed by atoms with van der Waals surface area (Å²) >= 11 is 3.22. The highest BCUT2D eigenvalue weighted by Gasteiger charge is 2.50. The van der Waals surface area contributed by atoms with E-state index in [2.05, 4.69) is 15.9 Å². The fraction of sp³-hybridized carbons (Fsp3) is 0.611. The standard InChI is InChI=1S/C18H21BrF5NO3/c1-16(2,3)28-15(26)25(13-7-17(20,21)8-13)9-11-6-12(19)4-5-14(11)27-10-18(22,23)24/h4-6,13H,7-10H2,1-3H3. The second-order valence-electron chi connectivity index (χ2n) is 7.68. The molecule has 1 aliphatic carbocycles. The molecule has 1 aromatic rings. The lowest BCUT2D eigenvalue weighted by molar-refractivity contribution is -0.153. The number of benzene rings is 1. The van der Waals surface area contributed by atoms with Crippen LogP contribution >= 0.6 is 15.9 Å². The van der Waals surface area contributed by atoms with Gasteiger partial charge in [-0.05, 0) is 39.0 Å². The number of rotatable bonds is 5. The van der Waals surface area contributed by atoms with Crippen LogP contribution in [0.5, 0.6) is 5.75 Å². The maximum Gasteiger partial charge on any atom is 0.422 e. The number of amides is 1. The van der Waals surface area contributed by atoms with Crippen molar-refractivity contribution in [1.82, 2.24) is 4.90 Å². The number of hydrogen-bond acceptors (Lipinski definition) is 3. The summed E-state index contributed by atoms with van der Waals surface area (Å²) in [5.74, 6) is -2.96. The third kappa shape index (κ3) is 6.79. The van der Waals surface area contributed by atoms with Gasteiger partial charge < -0.3 is 14.4 Å². The van der Waals surface area contributed by atoms with Gasteiger partial charge >= 0.3 is 12.3 Å². The van der Waals surface area contributed by atoms with E-state index >= 15 is 0 Å². The van der Waals surface area contributed by atoms with Gasteiger partial charge in [0.05, 0.1) is 6.54 Å². The van der Waals surface area contributed by atoms with Crippen LogP contribution in [0.25, 0.3) is 0 Å². The average Bonchev–Trinajstić information content (AvgIpc) is 2.46. The Kier molecular flexibility index (Phi) is 6.52. The predicted octanol–water partition coefficient (Wildman–Crippen LogP) is 5.93. The van der Waals surface area contributed by atoms with Crippen LogP contribution in [0.1, 0.15) is 39.2 Å². The van der Waals surface area contributed by atoms with Gasteiger partial charge in [-0.25, -0.2) is 13.6 Å². The van der Waals surface area contributed by atoms with Crippen molar-refractivity contribution in [3.05, 3.63) is 28.2 Å². The molecule has 0 saturated heterocycles. The second-order valence-corrected chi connectivity index (χ2v) is 8.60. The van der Waals surface area contributed by atoms with Gasteiger partial charge in [0.2, 0.25) is 0 Å². The zero-order valence-electron chi connectivity index (χ0n) is 15.6. The molecular formula is C18H21BrF5NO3. The molecule has 2 rings (SSSR count). The van der Waals surface area contributed by atoms with Crippen LogP contribution in [0.3, 0.4) is 0 Å². The quantitative estimate of drug-likeness (QED) is 0.497. The van der Waals surface area contributed by atoms with Crippen LogP contribution in [-0.2, 0) is 11.3 Å². The summed E-state index contributed by atoms with van der Waals surface area (Å²) in [6.45, 7) is 3.18. The van der Waals surface area contributed by atoms with Gasteiger partial charge in [-0.15, -0.1) is 0 Å². The first-order valence-corrected chi connectivity index (χ1v) is 9.30. The maximum absolute atomic E-state index is 13.3. The fourth-order valence-electron chi connectivity index (χ4n) is 2.67. The summed E-state index contributed by atoms with van der Waals surface area (Å²) in [5, 5.41) is 0. The Labute approximate surface area is 168 Å². The van der Waals surface area contributed by atoms with Crippen LogP contribution in [-0.4, -0.2) is 41.3 Å². The van der Waals surface area contributed by atoms with Crippen molar-refractivity contribution in [1.29, 1.82) is 0 Å². The van der Waals surface area contributed by atoms with Gasteiger partial charge in [-0.3, -0.25) is 0 Å². The summed E-state index contributed by atoms with van der Waals surface area (Å²) in [6, 6.07) is 3.53. The fourth-order valence-corrected chi connectivity index (χ4v) is 3.08. The van der Waals surface area contributed by atoms with Gasteiger partial charge in [-0.1, -0.05) is 15.9 Å². The van der Waals surface area contributed by atoms with Gasteiger partial charge in [0, 0.05) is 28.9 Å². The van der Waals surface area contributed by atoms with E-state index in [-0.39, 0.29) is 17.9 Å². The van der Waals surface area contributed by atoms with Crippen LogP contribution in [0.15, 0.2) is 22.7 Å². The van der Waals surface area contributed by atoms with Crippen molar-refractivity contribution in [2.75, 3.05) is 6.61 Å². The van der Waals surface area contributed by atoms with Gasteiger partial charge in [0.15, 0.2) is 6.61 Å². The van der Waals surface area contributed by atoms with E-state index in [1.807, 2.05) is 0 Å². The summed E-state index contributed by atoms with van der Waals surface area (Å²) in [7, 11) is 0. The predicted molar refractivity (Wildman–Crippen MR) is 95.4 cm³/mol. The summed E-state index contributed by atoms with van der Waals surface area (Å²) in [6.07, 6.45) is -6.40. The highest BCUT2D eigenvalue weighted by Crippen LogP contribution is 2.42. The lowest BCUT2D eigenvalue weighted by Crippen LogP contribution is -2.53. The van der Waals surface area contributed by atoms with Gasteiger partial charge in [0.25, 0.3) is 5.92 Å². The Balaban J connectivity index is 2.25. The number of ether oxygens (including phenoxy) is 2. The summed E-state index contributed by atoms with van der Waals surface area (Å²) < 4.78 is 74.9. The molecule has 0 aliphatic heterocycles. The number of nitrogens with zero attached hydrogens (tertiary/aromatic N) is 1. The molecular weight excluding hydrogens is 453 g/mol. The number of halogens is 6. The molecule has 10 heteroatoms. The molecule has 0 unspecified atom stereocenters. The molecule has 1 fully saturated rings. The SMILES string of the molecule is CC(C)(C)OC(=O)N(Cc1cc(Br)ccc1OCC(F)(F)F)C1CC(F)(F)C1. The zero-order chi connectivity index (χ0) is 21.3. The number of carbonyl (C=O) groups excluding carboxylic acids is 1. The van der Waals surface area contributed by atoms with Crippen LogP contribution in [0, 0.1) is 0 Å². The van der Waals surface area contributed by atoms with E-state index in [1.165, 1.54) is 18.2 Å². The average molecular weight is 474 g/mol. The maximum atomic E-state index is 13.3. The van der Waals surface area contributed by atoms with Crippen LogP contribution < -0.4 is 4.74 Å². The lowest BCUT2D eigenvalue weighted by atomic mass is 9.86. The largest absolute Gasteiger partial charge is 0.484 e. The molecule has 0 radical (unpaired) electrons. The van der Waals surface area contributed by atoms with E-state index in [0.717, 1.165) is 4.90 Å². The van der Waals surface area contributed by atoms with Crippen molar-refractivity contribution in [2.24, 2.45) is 0 Å². The molecule has 0 aromatic heterocycles. The molecule has 0 N–H and O–H groups in total. The number of alkyl halides is 5. The topological polar surface area (TPSA) is 38.8 Å². The molecule has 1 aliphatic rings. The Bertz CT molecular complexity index is 710. The minimum Gasteiger partial charge on any atom is -0.484 e. The van der Waals surface area contributed by atoms with Gasteiger partial charge in [-0.2, -0.15) is 13.2 Å². The molecule has 0 heterocycles. The first-order valence-electron chi connectivity index (χ1n) is 8.51.